The zero-order valence-corrected chi connectivity index (χ0v) is 13.3. The third kappa shape index (κ3) is 2.95. The molecule has 0 saturated carbocycles. The molecule has 1 aromatic carbocycles. The number of rotatable bonds is 2. The third-order valence-electron chi connectivity index (χ3n) is 3.88. The summed E-state index contributed by atoms with van der Waals surface area (Å²) < 4.78 is 5.05. The summed E-state index contributed by atoms with van der Waals surface area (Å²) in [6, 6.07) is 7.92. The van der Waals surface area contributed by atoms with Gasteiger partial charge in [0.1, 0.15) is 0 Å². The fourth-order valence-corrected chi connectivity index (χ4v) is 2.95. The fraction of sp³-hybridized carbons (Fsp3) is 0.375. The molecule has 3 rings (SSSR count). The number of hydrogen-bond acceptors (Lipinski definition) is 3. The first-order valence-electron chi connectivity index (χ1n) is 7.45. The lowest BCUT2D eigenvalue weighted by Crippen LogP contribution is -2.49. The molecule has 1 N–H and O–H groups in total. The van der Waals surface area contributed by atoms with Gasteiger partial charge in [0, 0.05) is 43.3 Å². The van der Waals surface area contributed by atoms with Crippen LogP contribution in [0.1, 0.15) is 6.92 Å². The Hall–Kier alpha value is -2.01. The first kappa shape index (κ1) is 14.9. The molecule has 1 aliphatic heterocycles. The van der Waals surface area contributed by atoms with Crippen molar-refractivity contribution < 1.29 is 14.5 Å². The van der Waals surface area contributed by atoms with E-state index in [2.05, 4.69) is 16.0 Å². The van der Waals surface area contributed by atoms with Gasteiger partial charge in [-0.05, 0) is 19.1 Å². The average molecular weight is 321 g/mol. The number of hydrogen-bond donors (Lipinski definition) is 0. The zero-order chi connectivity index (χ0) is 15.5. The summed E-state index contributed by atoms with van der Waals surface area (Å²) >= 11 is 6.05. The van der Waals surface area contributed by atoms with Crippen molar-refractivity contribution in [2.45, 2.75) is 6.92 Å². The molecule has 0 unspecified atom stereocenters. The number of pyridine rings is 1. The Morgan fingerprint density at radius 3 is 2.77 bits per heavy atom. The quantitative estimate of drug-likeness (QED) is 0.854. The van der Waals surface area contributed by atoms with Crippen LogP contribution in [0.25, 0.3) is 10.9 Å². The van der Waals surface area contributed by atoms with Crippen molar-refractivity contribution in [1.82, 2.24) is 4.90 Å². The van der Waals surface area contributed by atoms with Gasteiger partial charge in [-0.15, -0.1) is 0 Å². The van der Waals surface area contributed by atoms with Crippen molar-refractivity contribution in [3.8, 4) is 0 Å². The fourth-order valence-electron chi connectivity index (χ4n) is 2.78. The van der Waals surface area contributed by atoms with E-state index in [-0.39, 0.29) is 6.09 Å². The van der Waals surface area contributed by atoms with Gasteiger partial charge in [-0.2, -0.15) is 0 Å². The maximum atomic E-state index is 11.8. The van der Waals surface area contributed by atoms with Gasteiger partial charge in [-0.1, -0.05) is 11.6 Å². The van der Waals surface area contributed by atoms with E-state index in [9.17, 15) is 4.79 Å². The molecule has 22 heavy (non-hydrogen) atoms. The largest absolute Gasteiger partial charge is 0.450 e. The van der Waals surface area contributed by atoms with Gasteiger partial charge in [0.15, 0.2) is 6.20 Å². The molecule has 1 aliphatic rings. The van der Waals surface area contributed by atoms with Crippen LogP contribution in [0.2, 0.25) is 5.02 Å². The molecule has 1 aromatic heterocycles. The molecule has 2 heterocycles. The van der Waals surface area contributed by atoms with Crippen LogP contribution < -0.4 is 9.88 Å². The summed E-state index contributed by atoms with van der Waals surface area (Å²) in [7, 11) is 0. The number of nitrogens with zero attached hydrogens (tertiary/aromatic N) is 2. The Balaban J connectivity index is 1.78. The highest BCUT2D eigenvalue weighted by atomic mass is 35.5. The molecule has 5 nitrogen and oxygen atoms in total. The molecule has 0 radical (unpaired) electrons. The first-order chi connectivity index (χ1) is 10.7. The van der Waals surface area contributed by atoms with Gasteiger partial charge >= 0.3 is 6.09 Å². The van der Waals surface area contributed by atoms with Gasteiger partial charge in [0.2, 0.25) is 5.52 Å². The highest BCUT2D eigenvalue weighted by Crippen LogP contribution is 2.26. The van der Waals surface area contributed by atoms with Crippen LogP contribution in [0.3, 0.4) is 0 Å². The number of aromatic amines is 1. The minimum absolute atomic E-state index is 0.222. The molecule has 1 amide bonds. The van der Waals surface area contributed by atoms with Gasteiger partial charge in [-0.3, -0.25) is 0 Å². The summed E-state index contributed by atoms with van der Waals surface area (Å²) in [6.45, 7) is 5.17. The molecule has 0 spiro atoms. The van der Waals surface area contributed by atoms with Crippen molar-refractivity contribution >= 4 is 34.3 Å². The number of carbonyl (C=O) groups is 1. The van der Waals surface area contributed by atoms with Gasteiger partial charge in [0.25, 0.3) is 0 Å². The summed E-state index contributed by atoms with van der Waals surface area (Å²) in [5, 5.41) is 1.85. The van der Waals surface area contributed by atoms with Crippen molar-refractivity contribution in [3.63, 3.8) is 0 Å². The second kappa shape index (κ2) is 6.40. The molecule has 0 aliphatic carbocycles. The van der Waals surface area contributed by atoms with Gasteiger partial charge < -0.3 is 14.5 Å². The first-order valence-corrected chi connectivity index (χ1v) is 7.83. The Morgan fingerprint density at radius 2 is 2.05 bits per heavy atom. The topological polar surface area (TPSA) is 46.9 Å². The molecule has 2 aromatic rings. The number of halogens is 1. The number of amides is 1. The van der Waals surface area contributed by atoms with E-state index >= 15 is 0 Å². The van der Waals surface area contributed by atoms with Gasteiger partial charge in [0.05, 0.1) is 17.7 Å². The van der Waals surface area contributed by atoms with E-state index in [1.54, 1.807) is 4.90 Å². The number of aromatic nitrogens is 1. The Labute approximate surface area is 134 Å². The van der Waals surface area contributed by atoms with E-state index in [1.807, 2.05) is 31.3 Å². The van der Waals surface area contributed by atoms with Crippen molar-refractivity contribution in [2.75, 3.05) is 37.7 Å². The smallest absolute Gasteiger partial charge is 0.409 e. The lowest BCUT2D eigenvalue weighted by Gasteiger charge is -2.35. The number of anilines is 1. The maximum absolute atomic E-state index is 11.8. The van der Waals surface area contributed by atoms with Crippen LogP contribution >= 0.6 is 11.6 Å². The highest BCUT2D eigenvalue weighted by Gasteiger charge is 2.23. The van der Waals surface area contributed by atoms with Crippen LogP contribution in [0.5, 0.6) is 0 Å². The molecule has 6 heteroatoms. The molecular formula is C16H19ClN3O2+. The number of ether oxygens (including phenoxy) is 1. The van der Waals surface area contributed by atoms with Crippen molar-refractivity contribution in [3.05, 3.63) is 35.5 Å². The van der Waals surface area contributed by atoms with Gasteiger partial charge in [-0.25, -0.2) is 9.78 Å². The molecule has 116 valence electrons. The lowest BCUT2D eigenvalue weighted by molar-refractivity contribution is -0.344. The van der Waals surface area contributed by atoms with E-state index in [1.165, 1.54) is 0 Å². The predicted octanol–water partition coefficient (Wildman–Crippen LogP) is 2.59. The van der Waals surface area contributed by atoms with Crippen molar-refractivity contribution in [1.29, 1.82) is 0 Å². The number of fused-ring (bicyclic) bond motifs is 1. The standard InChI is InChI=1S/C16H18ClN3O2/c1-2-22-16(21)20-9-7-19(8-10-20)15-5-6-18-14-11-12(17)3-4-13(14)15/h3-6,11H,2,7-10H2,1H3/p+1. The second-order valence-electron chi connectivity index (χ2n) is 5.23. The second-order valence-corrected chi connectivity index (χ2v) is 5.66. The highest BCUT2D eigenvalue weighted by molar-refractivity contribution is 6.31. The summed E-state index contributed by atoms with van der Waals surface area (Å²) in [5.41, 5.74) is 2.17. The number of piperazine rings is 1. The maximum Gasteiger partial charge on any atom is 0.409 e. The number of carbonyl (C=O) groups excluding carboxylic acids is 1. The Morgan fingerprint density at radius 1 is 1.27 bits per heavy atom. The Kier molecular flexibility index (Phi) is 4.34. The molecular weight excluding hydrogens is 302 g/mol. The van der Waals surface area contributed by atoms with Crippen molar-refractivity contribution in [2.24, 2.45) is 0 Å². The summed E-state index contributed by atoms with van der Waals surface area (Å²) in [6.07, 6.45) is 1.70. The number of benzene rings is 1. The molecule has 0 atom stereocenters. The monoisotopic (exact) mass is 320 g/mol. The molecule has 1 saturated heterocycles. The van der Waals surface area contributed by atoms with E-state index in [0.717, 1.165) is 29.7 Å². The van der Waals surface area contributed by atoms with Crippen LogP contribution in [0.15, 0.2) is 30.5 Å². The van der Waals surface area contributed by atoms with E-state index in [0.29, 0.717) is 24.7 Å². The minimum atomic E-state index is -0.222. The lowest BCUT2D eigenvalue weighted by atomic mass is 10.1. The normalized spacial score (nSPS) is 15.2. The van der Waals surface area contributed by atoms with Crippen LogP contribution in [0, 0.1) is 0 Å². The van der Waals surface area contributed by atoms with Crippen LogP contribution in [-0.2, 0) is 4.74 Å². The number of nitrogens with one attached hydrogen (secondary N) is 1. The average Bonchev–Trinajstić information content (AvgIpc) is 2.54. The summed E-state index contributed by atoms with van der Waals surface area (Å²) in [5.74, 6) is 0. The van der Waals surface area contributed by atoms with Crippen LogP contribution in [-0.4, -0.2) is 43.8 Å². The van der Waals surface area contributed by atoms with E-state index < -0.39 is 0 Å². The van der Waals surface area contributed by atoms with E-state index in [4.69, 9.17) is 16.3 Å². The molecule has 0 bridgehead atoms. The Bertz CT molecular complexity index is 684. The zero-order valence-electron chi connectivity index (χ0n) is 12.5. The third-order valence-corrected chi connectivity index (χ3v) is 4.12. The predicted molar refractivity (Wildman–Crippen MR) is 86.3 cm³/mol. The van der Waals surface area contributed by atoms with Crippen LogP contribution in [0.4, 0.5) is 10.5 Å². The minimum Gasteiger partial charge on any atom is -0.450 e. The molecule has 1 fully saturated rings. The SMILES string of the molecule is CCOC(=O)N1CCN(c2cc[nH+]c3cc(Cl)ccc23)CC1. The number of H-pyrrole nitrogens is 1. The summed E-state index contributed by atoms with van der Waals surface area (Å²) in [4.78, 5) is 19.0.